The second-order valence-corrected chi connectivity index (χ2v) is 5.97. The van der Waals surface area contributed by atoms with Crippen molar-refractivity contribution >= 4 is 42.3 Å². The van der Waals surface area contributed by atoms with Gasteiger partial charge in [-0.3, -0.25) is 0 Å². The molecule has 0 N–H and O–H groups in total. The van der Waals surface area contributed by atoms with E-state index < -0.39 is 0 Å². The predicted octanol–water partition coefficient (Wildman–Crippen LogP) is 3.31. The van der Waals surface area contributed by atoms with Crippen molar-refractivity contribution in [2.24, 2.45) is 0 Å². The van der Waals surface area contributed by atoms with E-state index in [0.29, 0.717) is 0 Å². The van der Waals surface area contributed by atoms with Crippen molar-refractivity contribution in [3.05, 3.63) is 72.8 Å². The molecule has 0 bridgehead atoms. The van der Waals surface area contributed by atoms with Crippen LogP contribution in [-0.2, 0) is 0 Å². The summed E-state index contributed by atoms with van der Waals surface area (Å²) in [6, 6.07) is 25.7. The Morgan fingerprint density at radius 1 is 0.650 bits per heavy atom. The Labute approximate surface area is 125 Å². The van der Waals surface area contributed by atoms with E-state index >= 15 is 0 Å². The monoisotopic (exact) mass is 323 g/mol. The quantitative estimate of drug-likeness (QED) is 0.474. The van der Waals surface area contributed by atoms with E-state index in [-0.39, 0.29) is 0 Å². The Kier molecular flexibility index (Phi) is 2.66. The van der Waals surface area contributed by atoms with E-state index in [4.69, 9.17) is 0 Å². The molecule has 0 spiro atoms. The molecule has 0 unspecified atom stereocenters. The molecular formula is C18H13NSe. The van der Waals surface area contributed by atoms with Gasteiger partial charge in [-0.25, -0.2) is 0 Å². The van der Waals surface area contributed by atoms with Crippen LogP contribution in [0.2, 0.25) is 0 Å². The van der Waals surface area contributed by atoms with Crippen molar-refractivity contribution in [1.29, 1.82) is 0 Å². The van der Waals surface area contributed by atoms with Crippen molar-refractivity contribution < 1.29 is 0 Å². The molecule has 20 heavy (non-hydrogen) atoms. The Balaban J connectivity index is 2.22. The molecule has 0 aliphatic rings. The van der Waals surface area contributed by atoms with Gasteiger partial charge in [0.2, 0.25) is 0 Å². The molecule has 2 heteroatoms. The maximum atomic E-state index is 2.62. The molecule has 0 fully saturated rings. The molecule has 0 aliphatic heterocycles. The molecule has 0 atom stereocenters. The second-order valence-electron chi connectivity index (χ2n) is 4.89. The molecule has 0 saturated heterocycles. The zero-order valence-corrected chi connectivity index (χ0v) is 12.7. The summed E-state index contributed by atoms with van der Waals surface area (Å²) >= 11 is 2.62. The SMILES string of the molecule is [SeH]c1ccc2c(c1)c1ccccc1n2-c1ccccc1. The van der Waals surface area contributed by atoms with Crippen molar-refractivity contribution in [3.63, 3.8) is 0 Å². The predicted molar refractivity (Wildman–Crippen MR) is 87.6 cm³/mol. The minimum atomic E-state index is 1.21. The van der Waals surface area contributed by atoms with Gasteiger partial charge in [-0.2, -0.15) is 0 Å². The van der Waals surface area contributed by atoms with Crippen LogP contribution in [0.1, 0.15) is 0 Å². The molecule has 0 saturated carbocycles. The summed E-state index contributed by atoms with van der Waals surface area (Å²) in [6.45, 7) is 0. The zero-order chi connectivity index (χ0) is 13.5. The normalized spacial score (nSPS) is 11.2. The maximum absolute atomic E-state index is 2.62. The first-order valence-electron chi connectivity index (χ1n) is 6.62. The average Bonchev–Trinajstić information content (AvgIpc) is 2.82. The topological polar surface area (TPSA) is 4.93 Å². The number of hydrogen-bond donors (Lipinski definition) is 0. The van der Waals surface area contributed by atoms with Crippen LogP contribution >= 0.6 is 0 Å². The van der Waals surface area contributed by atoms with E-state index in [1.165, 1.54) is 32.0 Å². The van der Waals surface area contributed by atoms with Gasteiger partial charge in [-0.1, -0.05) is 0 Å². The number of para-hydroxylation sites is 2. The Hall–Kier alpha value is -2.02. The van der Waals surface area contributed by atoms with E-state index in [1.54, 1.807) is 0 Å². The van der Waals surface area contributed by atoms with Gasteiger partial charge in [-0.15, -0.1) is 0 Å². The van der Waals surface area contributed by atoms with Crippen LogP contribution < -0.4 is 4.46 Å². The summed E-state index contributed by atoms with van der Waals surface area (Å²) < 4.78 is 3.57. The first-order valence-corrected chi connectivity index (χ1v) is 7.56. The van der Waals surface area contributed by atoms with Gasteiger partial charge >= 0.3 is 125 Å². The molecule has 1 heterocycles. The molecule has 1 aromatic heterocycles. The Morgan fingerprint density at radius 2 is 1.35 bits per heavy atom. The second kappa shape index (κ2) is 4.52. The molecule has 96 valence electrons. The van der Waals surface area contributed by atoms with Crippen LogP contribution in [0.15, 0.2) is 72.8 Å². The van der Waals surface area contributed by atoms with Gasteiger partial charge in [0.25, 0.3) is 0 Å². The molecule has 1 nitrogen and oxygen atoms in total. The number of aromatic nitrogens is 1. The third-order valence-corrected chi connectivity index (χ3v) is 4.25. The number of benzene rings is 3. The summed E-state index contributed by atoms with van der Waals surface area (Å²) in [6.07, 6.45) is 0. The van der Waals surface area contributed by atoms with Crippen LogP contribution in [0.25, 0.3) is 27.5 Å². The first kappa shape index (κ1) is 11.8. The third kappa shape index (κ3) is 1.70. The molecule has 0 radical (unpaired) electrons. The number of nitrogens with zero attached hydrogens (tertiary/aromatic N) is 1. The van der Waals surface area contributed by atoms with Gasteiger partial charge < -0.3 is 0 Å². The van der Waals surface area contributed by atoms with Crippen molar-refractivity contribution in [2.45, 2.75) is 0 Å². The van der Waals surface area contributed by atoms with Crippen LogP contribution in [0.3, 0.4) is 0 Å². The van der Waals surface area contributed by atoms with Crippen molar-refractivity contribution in [2.75, 3.05) is 0 Å². The fraction of sp³-hybridized carbons (Fsp3) is 0. The fourth-order valence-corrected chi connectivity index (χ4v) is 3.24. The van der Waals surface area contributed by atoms with Gasteiger partial charge in [-0.05, 0) is 0 Å². The van der Waals surface area contributed by atoms with Crippen molar-refractivity contribution in [1.82, 2.24) is 4.57 Å². The van der Waals surface area contributed by atoms with Crippen LogP contribution in [0.5, 0.6) is 0 Å². The molecule has 0 aliphatic carbocycles. The van der Waals surface area contributed by atoms with Crippen LogP contribution in [-0.4, -0.2) is 20.6 Å². The number of fused-ring (bicyclic) bond motifs is 3. The van der Waals surface area contributed by atoms with E-state index in [2.05, 4.69) is 93.4 Å². The Morgan fingerprint density at radius 3 is 2.20 bits per heavy atom. The summed E-state index contributed by atoms with van der Waals surface area (Å²) in [5.41, 5.74) is 3.72. The summed E-state index contributed by atoms with van der Waals surface area (Å²) in [4.78, 5) is 0. The van der Waals surface area contributed by atoms with Crippen molar-refractivity contribution in [3.8, 4) is 5.69 Å². The van der Waals surface area contributed by atoms with Crippen LogP contribution in [0, 0.1) is 0 Å². The number of rotatable bonds is 1. The molecule has 4 aromatic rings. The van der Waals surface area contributed by atoms with Gasteiger partial charge in [0.15, 0.2) is 0 Å². The molecule has 4 rings (SSSR count). The first-order chi connectivity index (χ1) is 9.84. The van der Waals surface area contributed by atoms with Gasteiger partial charge in [0.1, 0.15) is 0 Å². The van der Waals surface area contributed by atoms with Crippen LogP contribution in [0.4, 0.5) is 0 Å². The molecule has 3 aromatic carbocycles. The van der Waals surface area contributed by atoms with E-state index in [9.17, 15) is 0 Å². The summed E-state index contributed by atoms with van der Waals surface area (Å²) in [7, 11) is 0. The minimum absolute atomic E-state index is 1.21. The zero-order valence-electron chi connectivity index (χ0n) is 10.8. The van der Waals surface area contributed by atoms with E-state index in [0.717, 1.165) is 0 Å². The summed E-state index contributed by atoms with van der Waals surface area (Å²) in [5, 5.41) is 2.61. The Bertz CT molecular complexity index is 907. The fourth-order valence-electron chi connectivity index (χ4n) is 2.82. The van der Waals surface area contributed by atoms with Gasteiger partial charge in [0.05, 0.1) is 0 Å². The van der Waals surface area contributed by atoms with Gasteiger partial charge in [0, 0.05) is 0 Å². The average molecular weight is 322 g/mol. The molecular weight excluding hydrogens is 309 g/mol. The summed E-state index contributed by atoms with van der Waals surface area (Å²) in [5.74, 6) is 0. The van der Waals surface area contributed by atoms with E-state index in [1.807, 2.05) is 0 Å². The standard InChI is InChI=1S/C18H13NSe/c20-14-10-11-18-16(12-14)15-8-4-5-9-17(15)19(18)13-6-2-1-3-7-13/h1-12,20H. The third-order valence-electron chi connectivity index (χ3n) is 3.67. The molecule has 0 amide bonds. The number of hydrogen-bond acceptors (Lipinski definition) is 0.